The zero-order chi connectivity index (χ0) is 25.9. The largest absolute Gasteiger partial charge is 0.503 e. The molecule has 0 bridgehead atoms. The van der Waals surface area contributed by atoms with Crippen LogP contribution >= 0.6 is 22.8 Å². The van der Waals surface area contributed by atoms with Gasteiger partial charge in [0.05, 0.1) is 6.61 Å². The minimum Gasteiger partial charge on any atom is -0.383 e. The number of aromatic nitrogens is 2. The molecule has 7 atom stereocenters. The standard InChI is InChI=1S/C12H19FN7O11P3/c1-32(25,18-23)30-34(27,19-24)31-33(2,26)28-6-12(5-14)9(17-22)8(13)10(29-12)20-4-3-7(15)16-11(20)21/h3-4,8-10,26H,2,5-6,14H2,1H3,(H2,15,16,21)/t8-,9+,10-,12-,32?,33?,34?/m1/s1. The quantitative estimate of drug-likeness (QED) is 0.244. The number of anilines is 1. The molecule has 1 aliphatic rings. The van der Waals surface area contributed by atoms with Gasteiger partial charge < -0.3 is 25.6 Å². The van der Waals surface area contributed by atoms with Crippen LogP contribution in [-0.2, 0) is 27.0 Å². The molecule has 0 radical (unpaired) electrons. The van der Waals surface area contributed by atoms with Crippen molar-refractivity contribution in [3.63, 3.8) is 0 Å². The van der Waals surface area contributed by atoms with Crippen LogP contribution in [0.5, 0.6) is 0 Å². The van der Waals surface area contributed by atoms with Crippen LogP contribution in [0.1, 0.15) is 6.23 Å². The lowest BCUT2D eigenvalue weighted by Crippen LogP contribution is -2.51. The van der Waals surface area contributed by atoms with Crippen LogP contribution in [-0.4, -0.2) is 58.4 Å². The van der Waals surface area contributed by atoms with Crippen molar-refractivity contribution in [2.24, 2.45) is 20.8 Å². The highest BCUT2D eigenvalue weighted by Gasteiger charge is 2.58. The predicted molar refractivity (Wildman–Crippen MR) is 116 cm³/mol. The van der Waals surface area contributed by atoms with Gasteiger partial charge >= 0.3 is 21.0 Å². The Morgan fingerprint density at radius 3 is 2.50 bits per heavy atom. The fourth-order valence-electron chi connectivity index (χ4n) is 2.80. The number of alkyl halides is 1. The Bertz CT molecular complexity index is 1170. The molecule has 1 fully saturated rings. The van der Waals surface area contributed by atoms with Crippen molar-refractivity contribution in [3.8, 4) is 0 Å². The van der Waals surface area contributed by atoms with E-state index in [0.717, 1.165) is 12.3 Å². The predicted octanol–water partition coefficient (Wildman–Crippen LogP) is 1.23. The number of halogens is 1. The topological polar surface area (TPSA) is 267 Å². The van der Waals surface area contributed by atoms with E-state index < -0.39 is 65.7 Å². The van der Waals surface area contributed by atoms with Gasteiger partial charge in [0, 0.05) is 29.3 Å². The van der Waals surface area contributed by atoms with Crippen molar-refractivity contribution >= 4 is 35.0 Å². The average Bonchev–Trinajstić information content (AvgIpc) is 3.03. The number of nitrogens with two attached hydrogens (primary N) is 2. The van der Waals surface area contributed by atoms with Crippen molar-refractivity contribution in [3.05, 3.63) is 37.5 Å². The maximum absolute atomic E-state index is 15.0. The van der Waals surface area contributed by atoms with Gasteiger partial charge in [0.25, 0.3) is 7.57 Å². The molecule has 18 nitrogen and oxygen atoms in total. The molecule has 0 spiro atoms. The van der Waals surface area contributed by atoms with E-state index >= 15 is 4.39 Å². The van der Waals surface area contributed by atoms with E-state index in [-0.39, 0.29) is 5.82 Å². The maximum atomic E-state index is 15.0. The molecule has 2 rings (SSSR count). The monoisotopic (exact) mass is 549 g/mol. The third-order valence-corrected chi connectivity index (χ3v) is 9.21. The van der Waals surface area contributed by atoms with Crippen LogP contribution in [0.15, 0.2) is 32.1 Å². The lowest BCUT2D eigenvalue weighted by Gasteiger charge is -2.31. The lowest BCUT2D eigenvalue weighted by atomic mass is 9.95. The summed E-state index contributed by atoms with van der Waals surface area (Å²) in [6.45, 7) is -1.10. The number of ether oxygens (including phenoxy) is 1. The Kier molecular flexibility index (Phi) is 8.51. The Morgan fingerprint density at radius 2 is 2.00 bits per heavy atom. The highest BCUT2D eigenvalue weighted by molar-refractivity contribution is 7.73. The molecule has 34 heavy (non-hydrogen) atoms. The molecule has 0 amide bonds. The van der Waals surface area contributed by atoms with Crippen molar-refractivity contribution in [1.29, 1.82) is 0 Å². The fourth-order valence-corrected chi connectivity index (χ4v) is 6.97. The summed E-state index contributed by atoms with van der Waals surface area (Å²) in [5, 5.41) is 2.63. The van der Waals surface area contributed by atoms with Gasteiger partial charge in [-0.1, -0.05) is 5.18 Å². The second-order valence-electron chi connectivity index (χ2n) is 6.82. The minimum atomic E-state index is -5.33. The summed E-state index contributed by atoms with van der Waals surface area (Å²) in [6.07, 6.45) is 0.0530. The molecule has 22 heteroatoms. The van der Waals surface area contributed by atoms with Gasteiger partial charge in [-0.15, -0.1) is 9.81 Å². The lowest BCUT2D eigenvalue weighted by molar-refractivity contribution is -0.0993. The fraction of sp³-hybridized carbons (Fsp3) is 0.583. The van der Waals surface area contributed by atoms with Crippen LogP contribution in [0.2, 0.25) is 0 Å². The zero-order valence-electron chi connectivity index (χ0n) is 17.1. The maximum Gasteiger partial charge on any atom is 0.503 e. The minimum absolute atomic E-state index is 0.172. The molecule has 0 saturated carbocycles. The normalized spacial score (nSPS) is 29.9. The Morgan fingerprint density at radius 1 is 1.35 bits per heavy atom. The summed E-state index contributed by atoms with van der Waals surface area (Å²) >= 11 is 0. The Hall–Kier alpha value is -2.07. The number of hydrogen-bond acceptors (Lipinski definition) is 15. The molecule has 1 aromatic rings. The molecule has 1 saturated heterocycles. The van der Waals surface area contributed by atoms with Gasteiger partial charge in [0.1, 0.15) is 11.4 Å². The van der Waals surface area contributed by atoms with Gasteiger partial charge in [-0.25, -0.2) is 22.4 Å². The van der Waals surface area contributed by atoms with Gasteiger partial charge in [0.2, 0.25) is 0 Å². The van der Waals surface area contributed by atoms with Crippen molar-refractivity contribution in [2.75, 3.05) is 25.6 Å². The molecule has 2 heterocycles. The van der Waals surface area contributed by atoms with Gasteiger partial charge in [-0.05, 0) is 12.4 Å². The summed E-state index contributed by atoms with van der Waals surface area (Å²) in [5.74, 6) is -0.172. The van der Waals surface area contributed by atoms with E-state index in [0.29, 0.717) is 11.2 Å². The molecule has 1 aromatic heterocycles. The highest BCUT2D eigenvalue weighted by atomic mass is 31.3. The van der Waals surface area contributed by atoms with Crippen LogP contribution in [0.3, 0.4) is 0 Å². The first-order chi connectivity index (χ1) is 15.7. The van der Waals surface area contributed by atoms with Crippen LogP contribution < -0.4 is 17.2 Å². The SMILES string of the molecule is C=P(O)(OC[C@@]1(CN)O[C@@H](n2ccc(N)nc2=O)[C@H](F)[C@@H]1N=O)OP(=O)(N=O)OP(C)(=O)N=O. The number of rotatable bonds is 12. The highest BCUT2D eigenvalue weighted by Crippen LogP contribution is 2.70. The molecule has 1 aliphatic heterocycles. The molecule has 190 valence electrons. The number of nitrogen functional groups attached to an aromatic ring is 1. The molecule has 0 aromatic carbocycles. The van der Waals surface area contributed by atoms with Gasteiger partial charge in [-0.2, -0.15) is 9.89 Å². The first-order valence-corrected chi connectivity index (χ1v) is 14.0. The van der Waals surface area contributed by atoms with E-state index in [1.807, 2.05) is 9.89 Å². The summed E-state index contributed by atoms with van der Waals surface area (Å²) in [7, 11) is -14.5. The van der Waals surface area contributed by atoms with Crippen LogP contribution in [0.4, 0.5) is 10.2 Å². The summed E-state index contributed by atoms with van der Waals surface area (Å²) in [4.78, 5) is 62.4. The first-order valence-electron chi connectivity index (χ1n) is 8.77. The van der Waals surface area contributed by atoms with Gasteiger partial charge in [0.15, 0.2) is 18.4 Å². The molecular formula is C12H19FN7O11P3. The third-order valence-electron chi connectivity index (χ3n) is 4.30. The van der Waals surface area contributed by atoms with E-state index in [9.17, 15) is 33.5 Å². The molecular weight excluding hydrogens is 530 g/mol. The summed E-state index contributed by atoms with van der Waals surface area (Å²) in [6, 6.07) is -0.757. The smallest absolute Gasteiger partial charge is 0.383 e. The van der Waals surface area contributed by atoms with Crippen molar-refractivity contribution in [1.82, 2.24) is 9.55 Å². The Balaban J connectivity index is 2.29. The van der Waals surface area contributed by atoms with E-state index in [1.54, 1.807) is 0 Å². The second kappa shape index (κ2) is 10.3. The first kappa shape index (κ1) is 28.2. The van der Waals surface area contributed by atoms with E-state index in [4.69, 9.17) is 20.7 Å². The van der Waals surface area contributed by atoms with Crippen LogP contribution in [0, 0.1) is 14.7 Å². The number of hydrogen-bond donors (Lipinski definition) is 3. The molecule has 5 N–H and O–H groups in total. The van der Waals surface area contributed by atoms with Crippen molar-refractivity contribution < 1.29 is 36.3 Å². The molecule has 3 unspecified atom stereocenters. The molecule has 0 aliphatic carbocycles. The zero-order valence-corrected chi connectivity index (χ0v) is 19.8. The van der Waals surface area contributed by atoms with E-state index in [2.05, 4.69) is 25.1 Å². The number of nitrogens with zero attached hydrogens (tertiary/aromatic N) is 5. The van der Waals surface area contributed by atoms with Gasteiger partial charge in [-0.3, -0.25) is 9.13 Å². The van der Waals surface area contributed by atoms with Crippen LogP contribution in [0.25, 0.3) is 0 Å². The number of nitroso groups, excluding NO2 is 3. The van der Waals surface area contributed by atoms with E-state index in [1.165, 1.54) is 0 Å². The Labute approximate surface area is 189 Å². The summed E-state index contributed by atoms with van der Waals surface area (Å²) in [5.41, 5.74) is 7.85. The van der Waals surface area contributed by atoms with Crippen molar-refractivity contribution in [2.45, 2.75) is 24.0 Å². The third kappa shape index (κ3) is 6.13. The summed E-state index contributed by atoms with van der Waals surface area (Å²) < 4.78 is 58.5. The second-order valence-corrected chi connectivity index (χ2v) is 12.5. The average molecular weight is 549 g/mol.